The monoisotopic (exact) mass is 432 g/mol. The summed E-state index contributed by atoms with van der Waals surface area (Å²) >= 11 is 1.10. The standard InChI is InChI=1S/C19H20N4O4S2/c1-12-4-10-16(11-5-12)29(26,27)22-15-8-6-14(7-9-15)17-20-21-19(23(17)3)28-13(2)18(24)25/h4-11,13,22H,1-3H3,(H,24,25). The van der Waals surface area contributed by atoms with Gasteiger partial charge in [0.1, 0.15) is 5.25 Å². The van der Waals surface area contributed by atoms with Gasteiger partial charge in [-0.2, -0.15) is 0 Å². The number of nitrogens with zero attached hydrogens (tertiary/aromatic N) is 3. The summed E-state index contributed by atoms with van der Waals surface area (Å²) in [4.78, 5) is 11.2. The van der Waals surface area contributed by atoms with E-state index in [0.29, 0.717) is 16.7 Å². The Morgan fingerprint density at radius 2 is 1.72 bits per heavy atom. The van der Waals surface area contributed by atoms with Gasteiger partial charge in [0.05, 0.1) is 4.90 Å². The summed E-state index contributed by atoms with van der Waals surface area (Å²) in [6.07, 6.45) is 0. The van der Waals surface area contributed by atoms with E-state index in [1.54, 1.807) is 67.1 Å². The maximum Gasteiger partial charge on any atom is 0.316 e. The Morgan fingerprint density at radius 1 is 1.10 bits per heavy atom. The van der Waals surface area contributed by atoms with E-state index in [9.17, 15) is 13.2 Å². The molecule has 0 saturated heterocycles. The maximum absolute atomic E-state index is 12.5. The number of anilines is 1. The number of carboxylic acid groups (broad SMARTS) is 1. The van der Waals surface area contributed by atoms with Crippen molar-refractivity contribution in [3.8, 4) is 11.4 Å². The van der Waals surface area contributed by atoms with Crippen LogP contribution >= 0.6 is 11.8 Å². The van der Waals surface area contributed by atoms with Crippen LogP contribution in [0.5, 0.6) is 0 Å². The van der Waals surface area contributed by atoms with Gasteiger partial charge in [0.2, 0.25) is 0 Å². The van der Waals surface area contributed by atoms with E-state index in [1.807, 2.05) is 6.92 Å². The second-order valence-electron chi connectivity index (χ2n) is 6.46. The van der Waals surface area contributed by atoms with Crippen molar-refractivity contribution in [2.45, 2.75) is 29.1 Å². The first kappa shape index (κ1) is 20.9. The highest BCUT2D eigenvalue weighted by Crippen LogP contribution is 2.27. The molecule has 3 aromatic rings. The SMILES string of the molecule is Cc1ccc(S(=O)(=O)Nc2ccc(-c3nnc(SC(C)C(=O)O)n3C)cc2)cc1. The smallest absolute Gasteiger partial charge is 0.316 e. The fraction of sp³-hybridized carbons (Fsp3) is 0.211. The van der Waals surface area contributed by atoms with E-state index >= 15 is 0 Å². The van der Waals surface area contributed by atoms with Crippen molar-refractivity contribution in [1.29, 1.82) is 0 Å². The van der Waals surface area contributed by atoms with Gasteiger partial charge in [-0.25, -0.2) is 8.42 Å². The Hall–Kier alpha value is -2.85. The topological polar surface area (TPSA) is 114 Å². The van der Waals surface area contributed by atoms with Crippen LogP contribution in [0.15, 0.2) is 58.6 Å². The van der Waals surface area contributed by atoms with E-state index in [4.69, 9.17) is 5.11 Å². The molecular weight excluding hydrogens is 412 g/mol. The number of aromatic nitrogens is 3. The number of benzene rings is 2. The average Bonchev–Trinajstić information content (AvgIpc) is 3.03. The van der Waals surface area contributed by atoms with Crippen LogP contribution in [0.3, 0.4) is 0 Å². The van der Waals surface area contributed by atoms with Crippen LogP contribution in [-0.4, -0.2) is 39.5 Å². The number of hydrogen-bond donors (Lipinski definition) is 2. The number of aliphatic carboxylic acids is 1. The van der Waals surface area contributed by atoms with Gasteiger partial charge in [-0.15, -0.1) is 10.2 Å². The Kier molecular flexibility index (Phi) is 5.94. The molecule has 0 radical (unpaired) electrons. The second kappa shape index (κ2) is 8.26. The number of carbonyl (C=O) groups is 1. The van der Waals surface area contributed by atoms with E-state index < -0.39 is 21.2 Å². The molecule has 3 rings (SSSR count). The number of hydrogen-bond acceptors (Lipinski definition) is 6. The summed E-state index contributed by atoms with van der Waals surface area (Å²) in [5.74, 6) is -0.372. The number of thioether (sulfide) groups is 1. The first-order valence-corrected chi connectivity index (χ1v) is 11.0. The molecule has 29 heavy (non-hydrogen) atoms. The Labute approximate surface area is 173 Å². The zero-order valence-corrected chi connectivity index (χ0v) is 17.7. The minimum atomic E-state index is -3.68. The van der Waals surface area contributed by atoms with Crippen molar-refractivity contribution in [2.75, 3.05) is 4.72 Å². The molecule has 1 unspecified atom stereocenters. The minimum absolute atomic E-state index is 0.190. The number of sulfonamides is 1. The zero-order chi connectivity index (χ0) is 21.2. The minimum Gasteiger partial charge on any atom is -0.480 e. The first-order chi connectivity index (χ1) is 13.7. The highest BCUT2D eigenvalue weighted by molar-refractivity contribution is 8.00. The molecule has 0 fully saturated rings. The highest BCUT2D eigenvalue weighted by atomic mass is 32.2. The lowest BCUT2D eigenvalue weighted by Crippen LogP contribution is -2.13. The van der Waals surface area contributed by atoms with Crippen molar-refractivity contribution in [3.05, 3.63) is 54.1 Å². The molecule has 0 saturated carbocycles. The summed E-state index contributed by atoms with van der Waals surface area (Å²) in [5, 5.41) is 17.0. The summed E-state index contributed by atoms with van der Waals surface area (Å²) in [5.41, 5.74) is 2.13. The van der Waals surface area contributed by atoms with Gasteiger partial charge in [0, 0.05) is 18.3 Å². The number of aryl methyl sites for hydroxylation is 1. The summed E-state index contributed by atoms with van der Waals surface area (Å²) in [6, 6.07) is 13.3. The predicted molar refractivity (Wildman–Crippen MR) is 111 cm³/mol. The lowest BCUT2D eigenvalue weighted by Gasteiger charge is -2.09. The molecule has 0 aliphatic carbocycles. The third kappa shape index (κ3) is 4.77. The summed E-state index contributed by atoms with van der Waals surface area (Å²) < 4.78 is 29.2. The third-order valence-corrected chi connectivity index (χ3v) is 6.71. The molecule has 0 bridgehead atoms. The van der Waals surface area contributed by atoms with Gasteiger partial charge in [0.25, 0.3) is 10.0 Å². The molecule has 10 heteroatoms. The molecule has 0 aliphatic rings. The Morgan fingerprint density at radius 3 is 2.31 bits per heavy atom. The fourth-order valence-corrected chi connectivity index (χ4v) is 4.30. The Balaban J connectivity index is 1.78. The first-order valence-electron chi connectivity index (χ1n) is 8.66. The predicted octanol–water partition coefficient (Wildman–Crippen LogP) is 3.16. The van der Waals surface area contributed by atoms with Crippen molar-refractivity contribution in [3.63, 3.8) is 0 Å². The normalized spacial score (nSPS) is 12.5. The average molecular weight is 433 g/mol. The van der Waals surface area contributed by atoms with Crippen molar-refractivity contribution in [1.82, 2.24) is 14.8 Å². The van der Waals surface area contributed by atoms with Crippen LogP contribution in [0.2, 0.25) is 0 Å². The second-order valence-corrected chi connectivity index (χ2v) is 9.45. The van der Waals surface area contributed by atoms with E-state index in [2.05, 4.69) is 14.9 Å². The lowest BCUT2D eigenvalue weighted by atomic mass is 10.2. The van der Waals surface area contributed by atoms with Gasteiger partial charge in [-0.3, -0.25) is 9.52 Å². The molecule has 1 aromatic heterocycles. The molecule has 2 N–H and O–H groups in total. The molecule has 1 atom stereocenters. The van der Waals surface area contributed by atoms with Gasteiger partial charge in [-0.05, 0) is 50.2 Å². The molecule has 152 valence electrons. The number of nitrogens with one attached hydrogen (secondary N) is 1. The summed E-state index contributed by atoms with van der Waals surface area (Å²) in [6.45, 7) is 3.47. The van der Waals surface area contributed by atoms with E-state index in [1.165, 1.54) is 0 Å². The van der Waals surface area contributed by atoms with E-state index in [0.717, 1.165) is 22.9 Å². The van der Waals surface area contributed by atoms with Gasteiger partial charge in [0.15, 0.2) is 11.0 Å². The quantitative estimate of drug-likeness (QED) is 0.551. The van der Waals surface area contributed by atoms with Crippen LogP contribution in [-0.2, 0) is 21.9 Å². The lowest BCUT2D eigenvalue weighted by molar-refractivity contribution is -0.136. The third-order valence-electron chi connectivity index (χ3n) is 4.19. The molecule has 0 aliphatic heterocycles. The van der Waals surface area contributed by atoms with Gasteiger partial charge >= 0.3 is 5.97 Å². The number of carboxylic acids is 1. The summed E-state index contributed by atoms with van der Waals surface area (Å²) in [7, 11) is -1.93. The zero-order valence-electron chi connectivity index (χ0n) is 16.0. The molecule has 2 aromatic carbocycles. The molecule has 1 heterocycles. The van der Waals surface area contributed by atoms with Gasteiger partial charge in [-0.1, -0.05) is 29.5 Å². The molecule has 8 nitrogen and oxygen atoms in total. The Bertz CT molecular complexity index is 1120. The van der Waals surface area contributed by atoms with Gasteiger partial charge < -0.3 is 9.67 Å². The molecule has 0 spiro atoms. The van der Waals surface area contributed by atoms with Crippen LogP contribution in [0.4, 0.5) is 5.69 Å². The van der Waals surface area contributed by atoms with Crippen LogP contribution < -0.4 is 4.72 Å². The highest BCUT2D eigenvalue weighted by Gasteiger charge is 2.19. The van der Waals surface area contributed by atoms with Crippen molar-refractivity contribution in [2.24, 2.45) is 7.05 Å². The van der Waals surface area contributed by atoms with Crippen LogP contribution in [0, 0.1) is 6.92 Å². The maximum atomic E-state index is 12.5. The van der Waals surface area contributed by atoms with Crippen LogP contribution in [0.1, 0.15) is 12.5 Å². The molecular formula is C19H20N4O4S2. The largest absolute Gasteiger partial charge is 0.480 e. The number of rotatable bonds is 7. The van der Waals surface area contributed by atoms with Crippen molar-refractivity contribution >= 4 is 33.4 Å². The van der Waals surface area contributed by atoms with Crippen molar-refractivity contribution < 1.29 is 18.3 Å². The van der Waals surface area contributed by atoms with Crippen LogP contribution in [0.25, 0.3) is 11.4 Å². The van der Waals surface area contributed by atoms with E-state index in [-0.39, 0.29) is 4.90 Å². The molecule has 0 amide bonds. The fourth-order valence-electron chi connectivity index (χ4n) is 2.50.